The van der Waals surface area contributed by atoms with Crippen LogP contribution in [0.5, 0.6) is 0 Å². The predicted molar refractivity (Wildman–Crippen MR) is 70.7 cm³/mol. The Morgan fingerprint density at radius 3 is 2.86 bits per heavy atom. The van der Waals surface area contributed by atoms with Crippen molar-refractivity contribution in [1.82, 2.24) is 19.8 Å². The van der Waals surface area contributed by atoms with E-state index in [2.05, 4.69) is 10.3 Å². The zero-order valence-corrected chi connectivity index (χ0v) is 12.0. The highest BCUT2D eigenvalue weighted by atomic mass is 19.4. The van der Waals surface area contributed by atoms with E-state index in [1.165, 1.54) is 10.9 Å². The number of hydrogen-bond donors (Lipinski definition) is 1. The summed E-state index contributed by atoms with van der Waals surface area (Å²) in [6, 6.07) is 0. The lowest BCUT2D eigenvalue weighted by molar-refractivity contribution is -0.153. The SMILES string of the molecule is O=C(N1CCn2cnc(C(F)(F)F)c2C1)[C@]12CC[C@H]1CNC2. The third-order valence-corrected chi connectivity index (χ3v) is 5.43. The maximum Gasteiger partial charge on any atom is 0.435 e. The second-order valence-corrected chi connectivity index (χ2v) is 6.48. The Labute approximate surface area is 125 Å². The van der Waals surface area contributed by atoms with Crippen LogP contribution in [-0.4, -0.2) is 40.0 Å². The van der Waals surface area contributed by atoms with Gasteiger partial charge in [-0.05, 0) is 25.3 Å². The molecule has 1 amide bonds. The molecule has 1 aromatic heterocycles. The summed E-state index contributed by atoms with van der Waals surface area (Å²) in [5.74, 6) is 0.350. The van der Waals surface area contributed by atoms with Crippen LogP contribution in [0.1, 0.15) is 24.2 Å². The monoisotopic (exact) mass is 314 g/mol. The van der Waals surface area contributed by atoms with Crippen LogP contribution in [-0.2, 0) is 24.1 Å². The van der Waals surface area contributed by atoms with Gasteiger partial charge in [0.2, 0.25) is 5.91 Å². The van der Waals surface area contributed by atoms with Crippen LogP contribution in [0, 0.1) is 11.3 Å². The van der Waals surface area contributed by atoms with E-state index in [1.54, 1.807) is 4.90 Å². The number of halogens is 3. The fraction of sp³-hybridized carbons (Fsp3) is 0.714. The molecule has 2 atom stereocenters. The molecule has 1 aliphatic carbocycles. The third kappa shape index (κ3) is 1.82. The quantitative estimate of drug-likeness (QED) is 0.849. The minimum absolute atomic E-state index is 0.00213. The number of imidazole rings is 1. The first-order valence-corrected chi connectivity index (χ1v) is 7.53. The topological polar surface area (TPSA) is 50.2 Å². The van der Waals surface area contributed by atoms with E-state index in [9.17, 15) is 18.0 Å². The van der Waals surface area contributed by atoms with Crippen LogP contribution in [0.3, 0.4) is 0 Å². The second kappa shape index (κ2) is 4.47. The summed E-state index contributed by atoms with van der Waals surface area (Å²) in [6.07, 6.45) is -1.38. The zero-order chi connectivity index (χ0) is 15.5. The number of amides is 1. The molecule has 3 aliphatic rings. The van der Waals surface area contributed by atoms with Gasteiger partial charge in [0.1, 0.15) is 0 Å². The average molecular weight is 314 g/mol. The summed E-state index contributed by atoms with van der Waals surface area (Å²) >= 11 is 0. The molecule has 1 saturated carbocycles. The van der Waals surface area contributed by atoms with Gasteiger partial charge < -0.3 is 14.8 Å². The molecule has 2 aliphatic heterocycles. The fourth-order valence-electron chi connectivity index (χ4n) is 4.03. The van der Waals surface area contributed by atoms with Crippen molar-refractivity contribution < 1.29 is 18.0 Å². The van der Waals surface area contributed by atoms with Crippen LogP contribution < -0.4 is 5.32 Å². The number of carbonyl (C=O) groups excluding carboxylic acids is 1. The number of fused-ring (bicyclic) bond motifs is 2. The molecule has 0 unspecified atom stereocenters. The molecule has 22 heavy (non-hydrogen) atoms. The van der Waals surface area contributed by atoms with Crippen LogP contribution in [0.15, 0.2) is 6.33 Å². The zero-order valence-electron chi connectivity index (χ0n) is 12.0. The number of aromatic nitrogens is 2. The van der Waals surface area contributed by atoms with Crippen molar-refractivity contribution in [2.75, 3.05) is 19.6 Å². The maximum absolute atomic E-state index is 13.0. The van der Waals surface area contributed by atoms with E-state index in [4.69, 9.17) is 0 Å². The lowest BCUT2D eigenvalue weighted by Crippen LogP contribution is -2.54. The van der Waals surface area contributed by atoms with Gasteiger partial charge >= 0.3 is 6.18 Å². The molecule has 120 valence electrons. The Bertz CT molecular complexity index is 626. The molecule has 4 rings (SSSR count). The summed E-state index contributed by atoms with van der Waals surface area (Å²) in [4.78, 5) is 17.9. The molecular formula is C14H17F3N4O. The van der Waals surface area contributed by atoms with Gasteiger partial charge in [-0.1, -0.05) is 0 Å². The van der Waals surface area contributed by atoms with Crippen molar-refractivity contribution >= 4 is 5.91 Å². The van der Waals surface area contributed by atoms with Gasteiger partial charge in [0.25, 0.3) is 0 Å². The van der Waals surface area contributed by atoms with Crippen molar-refractivity contribution in [3.05, 3.63) is 17.7 Å². The lowest BCUT2D eigenvalue weighted by Gasteiger charge is -2.46. The van der Waals surface area contributed by atoms with Crippen molar-refractivity contribution in [3.63, 3.8) is 0 Å². The van der Waals surface area contributed by atoms with E-state index in [0.717, 1.165) is 19.4 Å². The lowest BCUT2D eigenvalue weighted by atomic mass is 9.61. The first-order valence-electron chi connectivity index (χ1n) is 7.53. The number of nitrogens with zero attached hydrogens (tertiary/aromatic N) is 3. The van der Waals surface area contributed by atoms with Gasteiger partial charge in [-0.2, -0.15) is 13.2 Å². The van der Waals surface area contributed by atoms with Crippen LogP contribution in [0.25, 0.3) is 0 Å². The van der Waals surface area contributed by atoms with Crippen molar-refractivity contribution in [2.24, 2.45) is 11.3 Å². The Morgan fingerprint density at radius 2 is 2.23 bits per heavy atom. The predicted octanol–water partition coefficient (Wildman–Crippen LogP) is 1.24. The third-order valence-electron chi connectivity index (χ3n) is 5.43. The second-order valence-electron chi connectivity index (χ2n) is 6.48. The molecular weight excluding hydrogens is 297 g/mol. The summed E-state index contributed by atoms with van der Waals surface area (Å²) < 4.78 is 40.5. The highest BCUT2D eigenvalue weighted by Crippen LogP contribution is 2.50. The van der Waals surface area contributed by atoms with Crippen LogP contribution >= 0.6 is 0 Å². The summed E-state index contributed by atoms with van der Waals surface area (Å²) in [5.41, 5.74) is -1.14. The van der Waals surface area contributed by atoms with Gasteiger partial charge in [0.15, 0.2) is 5.69 Å². The summed E-state index contributed by atoms with van der Waals surface area (Å²) in [7, 11) is 0. The Hall–Kier alpha value is -1.57. The molecule has 0 bridgehead atoms. The number of alkyl halides is 3. The normalized spacial score (nSPS) is 30.7. The Balaban J connectivity index is 1.59. The number of carbonyl (C=O) groups is 1. The van der Waals surface area contributed by atoms with E-state index in [1.807, 2.05) is 0 Å². The summed E-state index contributed by atoms with van der Waals surface area (Å²) in [5, 5.41) is 3.25. The van der Waals surface area contributed by atoms with E-state index >= 15 is 0 Å². The maximum atomic E-state index is 13.0. The Morgan fingerprint density at radius 1 is 1.41 bits per heavy atom. The number of hydrogen-bond acceptors (Lipinski definition) is 3. The number of nitrogens with one attached hydrogen (secondary N) is 1. The minimum atomic E-state index is -4.47. The molecule has 3 heterocycles. The number of rotatable bonds is 1. The standard InChI is InChI=1S/C14H17F3N4O/c15-14(16,17)11-10-6-20(3-4-21(10)8-19-11)12(22)13-2-1-9(13)5-18-7-13/h8-9,18H,1-7H2/t9-,13-/m0/s1. The van der Waals surface area contributed by atoms with Gasteiger partial charge in [-0.15, -0.1) is 0 Å². The highest BCUT2D eigenvalue weighted by molar-refractivity contribution is 5.85. The molecule has 1 N–H and O–H groups in total. The summed E-state index contributed by atoms with van der Waals surface area (Å²) in [6.45, 7) is 2.32. The average Bonchev–Trinajstić information content (AvgIpc) is 2.99. The van der Waals surface area contributed by atoms with Gasteiger partial charge in [0, 0.05) is 19.6 Å². The van der Waals surface area contributed by atoms with E-state index in [0.29, 0.717) is 25.6 Å². The molecule has 0 aromatic carbocycles. The molecule has 1 saturated heterocycles. The van der Waals surface area contributed by atoms with Crippen molar-refractivity contribution in [1.29, 1.82) is 0 Å². The van der Waals surface area contributed by atoms with Gasteiger partial charge in [-0.25, -0.2) is 4.98 Å². The van der Waals surface area contributed by atoms with Gasteiger partial charge in [-0.3, -0.25) is 4.79 Å². The Kier molecular flexibility index (Phi) is 2.85. The van der Waals surface area contributed by atoms with Crippen LogP contribution in [0.4, 0.5) is 13.2 Å². The molecule has 0 radical (unpaired) electrons. The molecule has 1 aromatic rings. The van der Waals surface area contributed by atoms with Crippen molar-refractivity contribution in [2.45, 2.75) is 32.1 Å². The first-order chi connectivity index (χ1) is 10.4. The largest absolute Gasteiger partial charge is 0.435 e. The molecule has 2 fully saturated rings. The van der Waals surface area contributed by atoms with E-state index in [-0.39, 0.29) is 23.6 Å². The minimum Gasteiger partial charge on any atom is -0.334 e. The van der Waals surface area contributed by atoms with Crippen molar-refractivity contribution in [3.8, 4) is 0 Å². The first kappa shape index (κ1) is 14.0. The molecule has 8 heteroatoms. The smallest absolute Gasteiger partial charge is 0.334 e. The molecule has 0 spiro atoms. The highest BCUT2D eigenvalue weighted by Gasteiger charge is 2.56. The molecule has 5 nitrogen and oxygen atoms in total. The van der Waals surface area contributed by atoms with Gasteiger partial charge in [0.05, 0.1) is 24.0 Å². The van der Waals surface area contributed by atoms with E-state index < -0.39 is 11.9 Å². The fourth-order valence-corrected chi connectivity index (χ4v) is 4.03. The van der Waals surface area contributed by atoms with Crippen LogP contribution in [0.2, 0.25) is 0 Å².